The summed E-state index contributed by atoms with van der Waals surface area (Å²) in [6, 6.07) is 0. The Labute approximate surface area is 123 Å². The zero-order valence-corrected chi connectivity index (χ0v) is 13.1. The van der Waals surface area contributed by atoms with Gasteiger partial charge in [0.05, 0.1) is 5.84 Å². The van der Waals surface area contributed by atoms with E-state index in [2.05, 4.69) is 29.7 Å². The number of hydrogen-bond donors (Lipinski definition) is 0. The molecule has 3 rings (SSSR count). The van der Waals surface area contributed by atoms with E-state index in [4.69, 9.17) is 4.99 Å². The number of rotatable bonds is 2. The van der Waals surface area contributed by atoms with Crippen molar-refractivity contribution in [1.82, 2.24) is 4.81 Å². The summed E-state index contributed by atoms with van der Waals surface area (Å²) in [7, 11) is 0. The molecule has 0 N–H and O–H groups in total. The SMILES string of the molecule is CC/C=C1\N=C(C)N=C(C)N1B1C2CCCC1CCC2. The molecule has 0 saturated carbocycles. The quantitative estimate of drug-likeness (QED) is 0.680. The van der Waals surface area contributed by atoms with E-state index < -0.39 is 0 Å². The van der Waals surface area contributed by atoms with Gasteiger partial charge in [-0.05, 0) is 38.0 Å². The zero-order chi connectivity index (χ0) is 14.1. The first kappa shape index (κ1) is 13.9. The van der Waals surface area contributed by atoms with E-state index >= 15 is 0 Å². The molecule has 0 radical (unpaired) electrons. The van der Waals surface area contributed by atoms with Gasteiger partial charge in [-0.3, -0.25) is 0 Å². The van der Waals surface area contributed by atoms with Gasteiger partial charge in [-0.25, -0.2) is 9.98 Å². The Balaban J connectivity index is 1.94. The van der Waals surface area contributed by atoms with Crippen molar-refractivity contribution in [2.24, 2.45) is 9.98 Å². The molecule has 2 saturated heterocycles. The molecule has 4 heteroatoms. The van der Waals surface area contributed by atoms with E-state index in [-0.39, 0.29) is 0 Å². The Kier molecular flexibility index (Phi) is 4.00. The number of hydrogen-bond acceptors (Lipinski definition) is 3. The molecular formula is C16H26BN3. The van der Waals surface area contributed by atoms with Crippen LogP contribution in [0.3, 0.4) is 0 Å². The lowest BCUT2D eigenvalue weighted by atomic mass is 9.33. The Morgan fingerprint density at radius 2 is 1.70 bits per heavy atom. The predicted octanol–water partition coefficient (Wildman–Crippen LogP) is 4.49. The van der Waals surface area contributed by atoms with Crippen molar-refractivity contribution < 1.29 is 0 Å². The minimum atomic E-state index is 0.649. The van der Waals surface area contributed by atoms with Gasteiger partial charge in [-0.2, -0.15) is 0 Å². The van der Waals surface area contributed by atoms with Crippen molar-refractivity contribution in [3.8, 4) is 0 Å². The second kappa shape index (κ2) is 5.75. The molecule has 0 atom stereocenters. The van der Waals surface area contributed by atoms with Crippen molar-refractivity contribution in [3.05, 3.63) is 11.9 Å². The largest absolute Gasteiger partial charge is 0.360 e. The molecule has 3 aliphatic heterocycles. The first-order valence-corrected chi connectivity index (χ1v) is 8.30. The van der Waals surface area contributed by atoms with Crippen LogP contribution < -0.4 is 0 Å². The number of allylic oxidation sites excluding steroid dienone is 1. The Morgan fingerprint density at radius 1 is 1.10 bits per heavy atom. The van der Waals surface area contributed by atoms with Crippen molar-refractivity contribution >= 4 is 18.5 Å². The lowest BCUT2D eigenvalue weighted by Gasteiger charge is -2.47. The number of fused-ring (bicyclic) bond motifs is 2. The summed E-state index contributed by atoms with van der Waals surface area (Å²) in [6.45, 7) is 7.01. The van der Waals surface area contributed by atoms with Gasteiger partial charge < -0.3 is 4.81 Å². The van der Waals surface area contributed by atoms with Crippen molar-refractivity contribution in [2.75, 3.05) is 0 Å². The second-order valence-corrected chi connectivity index (χ2v) is 6.53. The summed E-state index contributed by atoms with van der Waals surface area (Å²) in [5.41, 5.74) is 0. The molecule has 0 amide bonds. The van der Waals surface area contributed by atoms with Crippen LogP contribution in [0.2, 0.25) is 11.6 Å². The fraction of sp³-hybridized carbons (Fsp3) is 0.750. The van der Waals surface area contributed by atoms with Crippen LogP contribution in [0.25, 0.3) is 0 Å². The second-order valence-electron chi connectivity index (χ2n) is 6.53. The molecule has 108 valence electrons. The van der Waals surface area contributed by atoms with E-state index in [9.17, 15) is 0 Å². The average Bonchev–Trinajstić information content (AvgIpc) is 2.37. The van der Waals surface area contributed by atoms with E-state index in [1.54, 1.807) is 0 Å². The molecule has 0 aromatic rings. The molecule has 3 nitrogen and oxygen atoms in total. The van der Waals surface area contributed by atoms with Crippen LogP contribution in [0, 0.1) is 0 Å². The first-order chi connectivity index (χ1) is 9.70. The lowest BCUT2D eigenvalue weighted by Crippen LogP contribution is -2.51. The summed E-state index contributed by atoms with van der Waals surface area (Å²) in [4.78, 5) is 11.8. The fourth-order valence-corrected chi connectivity index (χ4v) is 4.46. The topological polar surface area (TPSA) is 28.0 Å². The van der Waals surface area contributed by atoms with Crippen LogP contribution in [-0.4, -0.2) is 23.3 Å². The first-order valence-electron chi connectivity index (χ1n) is 8.30. The fourth-order valence-electron chi connectivity index (χ4n) is 4.46. The number of nitrogens with zero attached hydrogens (tertiary/aromatic N) is 3. The van der Waals surface area contributed by atoms with Gasteiger partial charge in [0.25, 0.3) is 6.85 Å². The van der Waals surface area contributed by atoms with Crippen molar-refractivity contribution in [1.29, 1.82) is 0 Å². The minimum Gasteiger partial charge on any atom is -0.360 e. The highest BCUT2D eigenvalue weighted by Gasteiger charge is 2.45. The molecule has 20 heavy (non-hydrogen) atoms. The third-order valence-electron chi connectivity index (χ3n) is 5.15. The third kappa shape index (κ3) is 2.45. The highest BCUT2D eigenvalue weighted by molar-refractivity contribution is 6.63. The summed E-state index contributed by atoms with van der Waals surface area (Å²) in [6.07, 6.45) is 11.7. The monoisotopic (exact) mass is 271 g/mol. The maximum absolute atomic E-state index is 4.72. The normalized spacial score (nSPS) is 32.2. The van der Waals surface area contributed by atoms with Crippen LogP contribution in [0.1, 0.15) is 65.7 Å². The van der Waals surface area contributed by atoms with Crippen LogP contribution in [0.4, 0.5) is 0 Å². The molecule has 2 fully saturated rings. The Morgan fingerprint density at radius 3 is 2.25 bits per heavy atom. The highest BCUT2D eigenvalue weighted by Crippen LogP contribution is 2.48. The standard InChI is InChI=1S/C16H26BN3/c1-4-7-16-19-12(2)18-13(3)20(16)17-14-8-5-9-15(17)11-6-10-14/h7,14-15H,4-6,8-11H2,1-3H3/b16-7+. The highest BCUT2D eigenvalue weighted by atomic mass is 15.3. The summed E-state index contributed by atoms with van der Waals surface area (Å²) < 4.78 is 0. The van der Waals surface area contributed by atoms with Crippen LogP contribution in [0.15, 0.2) is 21.9 Å². The summed E-state index contributed by atoms with van der Waals surface area (Å²) in [5, 5.41) is 0. The average molecular weight is 271 g/mol. The lowest BCUT2D eigenvalue weighted by molar-refractivity contribution is 0.418. The van der Waals surface area contributed by atoms with Gasteiger partial charge in [0, 0.05) is 0 Å². The maximum atomic E-state index is 4.72. The Hall–Kier alpha value is -1.06. The van der Waals surface area contributed by atoms with E-state index in [1.165, 1.54) is 38.5 Å². The van der Waals surface area contributed by atoms with Gasteiger partial charge in [0.15, 0.2) is 0 Å². The third-order valence-corrected chi connectivity index (χ3v) is 5.15. The van der Waals surface area contributed by atoms with E-state index in [1.807, 2.05) is 6.92 Å². The minimum absolute atomic E-state index is 0.649. The van der Waals surface area contributed by atoms with Crippen LogP contribution in [-0.2, 0) is 0 Å². The number of amidine groups is 2. The summed E-state index contributed by atoms with van der Waals surface area (Å²) in [5.74, 6) is 4.91. The van der Waals surface area contributed by atoms with Gasteiger partial charge in [-0.15, -0.1) is 0 Å². The molecule has 3 heterocycles. The molecule has 0 aromatic heterocycles. The van der Waals surface area contributed by atoms with Gasteiger partial charge in [0.2, 0.25) is 0 Å². The Bertz CT molecular complexity index is 444. The molecule has 0 aliphatic carbocycles. The van der Waals surface area contributed by atoms with Gasteiger partial charge >= 0.3 is 0 Å². The molecule has 0 spiro atoms. The van der Waals surface area contributed by atoms with Crippen LogP contribution >= 0.6 is 0 Å². The smallest absolute Gasteiger partial charge is 0.270 e. The molecule has 0 unspecified atom stereocenters. The molecular weight excluding hydrogens is 245 g/mol. The number of aliphatic imine (C=N–C) groups is 2. The molecule has 2 bridgehead atoms. The zero-order valence-electron chi connectivity index (χ0n) is 13.1. The van der Waals surface area contributed by atoms with E-state index in [0.29, 0.717) is 6.85 Å². The molecule has 3 aliphatic rings. The van der Waals surface area contributed by atoms with Crippen molar-refractivity contribution in [2.45, 2.75) is 77.4 Å². The predicted molar refractivity (Wildman–Crippen MR) is 87.4 cm³/mol. The van der Waals surface area contributed by atoms with Gasteiger partial charge in [0.1, 0.15) is 11.7 Å². The molecule has 0 aromatic carbocycles. The van der Waals surface area contributed by atoms with Crippen LogP contribution in [0.5, 0.6) is 0 Å². The van der Waals surface area contributed by atoms with Crippen molar-refractivity contribution in [3.63, 3.8) is 0 Å². The van der Waals surface area contributed by atoms with Gasteiger partial charge in [-0.1, -0.05) is 45.4 Å². The van der Waals surface area contributed by atoms with E-state index in [0.717, 1.165) is 35.5 Å². The summed E-state index contributed by atoms with van der Waals surface area (Å²) >= 11 is 0. The maximum Gasteiger partial charge on any atom is 0.270 e.